The van der Waals surface area contributed by atoms with Gasteiger partial charge in [0.1, 0.15) is 0 Å². The van der Waals surface area contributed by atoms with Crippen LogP contribution in [-0.2, 0) is 9.84 Å². The molecule has 2 rings (SSSR count). The molecule has 1 aromatic heterocycles. The zero-order valence-corrected chi connectivity index (χ0v) is 13.1. The molecule has 1 aromatic rings. The summed E-state index contributed by atoms with van der Waals surface area (Å²) in [6.07, 6.45) is 2.29. The lowest BCUT2D eigenvalue weighted by Gasteiger charge is -2.23. The summed E-state index contributed by atoms with van der Waals surface area (Å²) in [4.78, 5) is 12.5. The van der Waals surface area contributed by atoms with Gasteiger partial charge in [-0.3, -0.25) is 0 Å². The van der Waals surface area contributed by atoms with Crippen molar-refractivity contribution in [2.45, 2.75) is 32.2 Å². The number of sulfone groups is 1. The van der Waals surface area contributed by atoms with Crippen LogP contribution in [0.3, 0.4) is 0 Å². The number of ether oxygens (including phenoxy) is 1. The first-order chi connectivity index (χ1) is 10.0. The lowest BCUT2D eigenvalue weighted by molar-refractivity contribution is 0.292. The molecule has 0 aliphatic carbocycles. The van der Waals surface area contributed by atoms with Gasteiger partial charge in [0.2, 0.25) is 11.9 Å². The molecule has 0 saturated carbocycles. The average molecular weight is 315 g/mol. The van der Waals surface area contributed by atoms with Crippen molar-refractivity contribution in [2.24, 2.45) is 0 Å². The van der Waals surface area contributed by atoms with Crippen LogP contribution < -0.4 is 15.4 Å². The lowest BCUT2D eigenvalue weighted by Crippen LogP contribution is -2.35. The Kier molecular flexibility index (Phi) is 5.16. The third-order valence-electron chi connectivity index (χ3n) is 3.07. The van der Waals surface area contributed by atoms with Crippen LogP contribution in [0.1, 0.15) is 26.2 Å². The molecular weight excluding hydrogens is 294 g/mol. The number of nitrogens with one attached hydrogen (secondary N) is 2. The molecule has 21 heavy (non-hydrogen) atoms. The van der Waals surface area contributed by atoms with Gasteiger partial charge in [-0.15, -0.1) is 0 Å². The normalized spacial score (nSPS) is 20.8. The van der Waals surface area contributed by atoms with Crippen LogP contribution in [-0.4, -0.2) is 54.6 Å². The summed E-state index contributed by atoms with van der Waals surface area (Å²) in [6, 6.07) is 0.0623. The van der Waals surface area contributed by atoms with E-state index in [1.165, 1.54) is 0 Å². The number of aromatic nitrogens is 3. The van der Waals surface area contributed by atoms with Gasteiger partial charge in [0, 0.05) is 13.1 Å². The minimum Gasteiger partial charge on any atom is -0.463 e. The van der Waals surface area contributed by atoms with Crippen LogP contribution in [0.15, 0.2) is 0 Å². The quantitative estimate of drug-likeness (QED) is 0.790. The van der Waals surface area contributed by atoms with Gasteiger partial charge in [-0.25, -0.2) is 8.42 Å². The van der Waals surface area contributed by atoms with Crippen LogP contribution in [0.25, 0.3) is 0 Å². The summed E-state index contributed by atoms with van der Waals surface area (Å²) in [7, 11) is -1.27. The van der Waals surface area contributed by atoms with Crippen molar-refractivity contribution >= 4 is 21.7 Å². The summed E-state index contributed by atoms with van der Waals surface area (Å²) in [5.74, 6) is 1.09. The molecule has 0 spiro atoms. The van der Waals surface area contributed by atoms with Gasteiger partial charge in [-0.2, -0.15) is 15.0 Å². The Labute approximate surface area is 124 Å². The molecule has 0 aromatic carbocycles. The van der Waals surface area contributed by atoms with Crippen molar-refractivity contribution in [1.82, 2.24) is 15.0 Å². The second-order valence-electron chi connectivity index (χ2n) is 4.96. The first kappa shape index (κ1) is 15.7. The van der Waals surface area contributed by atoms with Crippen molar-refractivity contribution in [3.63, 3.8) is 0 Å². The molecule has 1 aliphatic rings. The number of anilines is 2. The molecule has 1 unspecified atom stereocenters. The Bertz CT molecular complexity index is 578. The second-order valence-corrected chi connectivity index (χ2v) is 7.19. The SMILES string of the molecule is CCCOc1nc(NC)nc(NC2CCCS(=O)(=O)C2)n1. The highest BCUT2D eigenvalue weighted by atomic mass is 32.2. The minimum absolute atomic E-state index is 0.110. The Morgan fingerprint density at radius 1 is 1.29 bits per heavy atom. The van der Waals surface area contributed by atoms with Crippen molar-refractivity contribution in [3.8, 4) is 6.01 Å². The summed E-state index contributed by atoms with van der Waals surface area (Å²) in [5.41, 5.74) is 0. The third kappa shape index (κ3) is 4.69. The van der Waals surface area contributed by atoms with Gasteiger partial charge >= 0.3 is 6.01 Å². The van der Waals surface area contributed by atoms with Gasteiger partial charge < -0.3 is 15.4 Å². The van der Waals surface area contributed by atoms with Gasteiger partial charge in [0.15, 0.2) is 9.84 Å². The summed E-state index contributed by atoms with van der Waals surface area (Å²) in [5, 5.41) is 5.90. The predicted molar refractivity (Wildman–Crippen MR) is 80.5 cm³/mol. The zero-order chi connectivity index (χ0) is 15.3. The smallest absolute Gasteiger partial charge is 0.323 e. The van der Waals surface area contributed by atoms with E-state index < -0.39 is 9.84 Å². The summed E-state index contributed by atoms with van der Waals surface area (Å²) >= 11 is 0. The zero-order valence-electron chi connectivity index (χ0n) is 12.3. The van der Waals surface area contributed by atoms with Crippen molar-refractivity contribution in [3.05, 3.63) is 0 Å². The van der Waals surface area contributed by atoms with Crippen LogP contribution in [0, 0.1) is 0 Å². The van der Waals surface area contributed by atoms with Crippen molar-refractivity contribution in [2.75, 3.05) is 35.8 Å². The molecule has 0 radical (unpaired) electrons. The standard InChI is InChI=1S/C12H21N5O3S/c1-3-6-20-12-16-10(13-2)15-11(17-12)14-9-5-4-7-21(18,19)8-9/h9H,3-8H2,1-2H3,(H2,13,14,15,16,17). The first-order valence-corrected chi connectivity index (χ1v) is 8.88. The molecule has 1 fully saturated rings. The topological polar surface area (TPSA) is 106 Å². The fourth-order valence-electron chi connectivity index (χ4n) is 2.11. The molecule has 1 atom stereocenters. The lowest BCUT2D eigenvalue weighted by atomic mass is 10.2. The Hall–Kier alpha value is -1.64. The third-order valence-corrected chi connectivity index (χ3v) is 4.89. The van der Waals surface area contributed by atoms with Crippen molar-refractivity contribution < 1.29 is 13.2 Å². The average Bonchev–Trinajstić information content (AvgIpc) is 2.43. The monoisotopic (exact) mass is 315 g/mol. The van der Waals surface area contributed by atoms with Crippen LogP contribution in [0.5, 0.6) is 6.01 Å². The Balaban J connectivity index is 2.11. The maximum Gasteiger partial charge on any atom is 0.323 e. The van der Waals surface area contributed by atoms with E-state index in [1.807, 2.05) is 6.92 Å². The summed E-state index contributed by atoms with van der Waals surface area (Å²) < 4.78 is 28.7. The van der Waals surface area contributed by atoms with E-state index in [2.05, 4.69) is 25.6 Å². The van der Waals surface area contributed by atoms with E-state index in [4.69, 9.17) is 4.74 Å². The van der Waals surface area contributed by atoms with E-state index in [0.717, 1.165) is 12.8 Å². The van der Waals surface area contributed by atoms with Crippen LogP contribution in [0.2, 0.25) is 0 Å². The highest BCUT2D eigenvalue weighted by Gasteiger charge is 2.25. The molecule has 0 bridgehead atoms. The number of hydrogen-bond acceptors (Lipinski definition) is 8. The maximum absolute atomic E-state index is 11.7. The fourth-order valence-corrected chi connectivity index (χ4v) is 3.75. The van der Waals surface area contributed by atoms with Gasteiger partial charge in [-0.1, -0.05) is 6.92 Å². The number of hydrogen-bond donors (Lipinski definition) is 2. The molecule has 1 saturated heterocycles. The second kappa shape index (κ2) is 6.88. The number of nitrogens with zero attached hydrogens (tertiary/aromatic N) is 3. The highest BCUT2D eigenvalue weighted by Crippen LogP contribution is 2.17. The van der Waals surface area contributed by atoms with Gasteiger partial charge in [0.25, 0.3) is 0 Å². The van der Waals surface area contributed by atoms with Crippen molar-refractivity contribution in [1.29, 1.82) is 0 Å². The van der Waals surface area contributed by atoms with E-state index in [9.17, 15) is 8.42 Å². The van der Waals surface area contributed by atoms with Gasteiger partial charge in [0.05, 0.1) is 18.1 Å². The number of rotatable bonds is 6. The Morgan fingerprint density at radius 3 is 2.71 bits per heavy atom. The first-order valence-electron chi connectivity index (χ1n) is 7.06. The minimum atomic E-state index is -2.97. The molecule has 118 valence electrons. The Morgan fingerprint density at radius 2 is 2.05 bits per heavy atom. The molecule has 8 nitrogen and oxygen atoms in total. The largest absolute Gasteiger partial charge is 0.463 e. The molecule has 9 heteroatoms. The predicted octanol–water partition coefficient (Wildman–Crippen LogP) is 0.691. The maximum atomic E-state index is 11.7. The van der Waals surface area contributed by atoms with E-state index in [-0.39, 0.29) is 23.6 Å². The van der Waals surface area contributed by atoms with E-state index in [0.29, 0.717) is 24.9 Å². The molecular formula is C12H21N5O3S. The molecule has 1 aliphatic heterocycles. The van der Waals surface area contributed by atoms with E-state index in [1.54, 1.807) is 7.05 Å². The van der Waals surface area contributed by atoms with Crippen LogP contribution >= 0.6 is 0 Å². The van der Waals surface area contributed by atoms with E-state index >= 15 is 0 Å². The molecule has 2 N–H and O–H groups in total. The molecule has 0 amide bonds. The van der Waals surface area contributed by atoms with Crippen LogP contribution in [0.4, 0.5) is 11.9 Å². The highest BCUT2D eigenvalue weighted by molar-refractivity contribution is 7.91. The van der Waals surface area contributed by atoms with Gasteiger partial charge in [-0.05, 0) is 19.3 Å². The molecule has 2 heterocycles. The fraction of sp³-hybridized carbons (Fsp3) is 0.750. The summed E-state index contributed by atoms with van der Waals surface area (Å²) in [6.45, 7) is 2.51.